The first-order valence-corrected chi connectivity index (χ1v) is 6.21. The minimum absolute atomic E-state index is 0.118. The van der Waals surface area contributed by atoms with E-state index in [-0.39, 0.29) is 5.92 Å². The summed E-state index contributed by atoms with van der Waals surface area (Å²) in [6, 6.07) is 17.1. The van der Waals surface area contributed by atoms with Gasteiger partial charge in [-0.1, -0.05) is 60.1 Å². The molecule has 0 unspecified atom stereocenters. The van der Waals surface area contributed by atoms with Gasteiger partial charge in [-0.3, -0.25) is 0 Å². The van der Waals surface area contributed by atoms with E-state index in [1.54, 1.807) is 18.2 Å². The van der Waals surface area contributed by atoms with Gasteiger partial charge in [0.1, 0.15) is 0 Å². The fraction of sp³-hybridized carbons (Fsp3) is 0.125. The van der Waals surface area contributed by atoms with Gasteiger partial charge in [-0.2, -0.15) is 0 Å². The van der Waals surface area contributed by atoms with Gasteiger partial charge in [0, 0.05) is 10.9 Å². The molecule has 0 heterocycles. The van der Waals surface area contributed by atoms with Crippen LogP contribution in [0.4, 0.5) is 0 Å². The van der Waals surface area contributed by atoms with Crippen molar-refractivity contribution >= 4 is 11.6 Å². The van der Waals surface area contributed by atoms with E-state index in [2.05, 4.69) is 6.58 Å². The molecule has 0 saturated heterocycles. The molecule has 2 atom stereocenters. The third-order valence-corrected chi connectivity index (χ3v) is 3.24. The summed E-state index contributed by atoms with van der Waals surface area (Å²) in [5.74, 6) is -0.118. The van der Waals surface area contributed by atoms with Gasteiger partial charge in [0.25, 0.3) is 0 Å². The number of aliphatic hydroxyl groups is 1. The SMILES string of the molecule is C=C[C@H](c1ccccc1)[C@H](O)c1ccc(Cl)cc1. The van der Waals surface area contributed by atoms with Crippen LogP contribution in [-0.4, -0.2) is 5.11 Å². The van der Waals surface area contributed by atoms with E-state index in [0.717, 1.165) is 11.1 Å². The fourth-order valence-electron chi connectivity index (χ4n) is 1.99. The molecule has 0 radical (unpaired) electrons. The standard InChI is InChI=1S/C16H15ClO/c1-2-15(12-6-4-3-5-7-12)16(18)13-8-10-14(17)11-9-13/h2-11,15-16,18H,1H2/t15-,16-/m1/s1. The maximum absolute atomic E-state index is 10.4. The van der Waals surface area contributed by atoms with Gasteiger partial charge < -0.3 is 5.11 Å². The Labute approximate surface area is 112 Å². The van der Waals surface area contributed by atoms with Crippen molar-refractivity contribution < 1.29 is 5.11 Å². The maximum Gasteiger partial charge on any atom is 0.0893 e. The molecule has 2 aromatic rings. The summed E-state index contributed by atoms with van der Waals surface area (Å²) >= 11 is 5.85. The van der Waals surface area contributed by atoms with Crippen molar-refractivity contribution in [2.24, 2.45) is 0 Å². The van der Waals surface area contributed by atoms with E-state index in [1.807, 2.05) is 42.5 Å². The van der Waals surface area contributed by atoms with Gasteiger partial charge in [0.2, 0.25) is 0 Å². The van der Waals surface area contributed by atoms with Crippen LogP contribution in [0.2, 0.25) is 5.02 Å². The molecule has 0 fully saturated rings. The highest BCUT2D eigenvalue weighted by molar-refractivity contribution is 6.30. The zero-order valence-electron chi connectivity index (χ0n) is 9.96. The molecule has 2 aromatic carbocycles. The van der Waals surface area contributed by atoms with Crippen molar-refractivity contribution in [3.8, 4) is 0 Å². The molecule has 1 nitrogen and oxygen atoms in total. The van der Waals surface area contributed by atoms with Crippen molar-refractivity contribution in [1.29, 1.82) is 0 Å². The maximum atomic E-state index is 10.4. The Morgan fingerprint density at radius 3 is 2.11 bits per heavy atom. The highest BCUT2D eigenvalue weighted by Gasteiger charge is 2.19. The lowest BCUT2D eigenvalue weighted by atomic mass is 9.89. The van der Waals surface area contributed by atoms with Crippen LogP contribution in [0.1, 0.15) is 23.1 Å². The molecule has 0 aliphatic carbocycles. The zero-order chi connectivity index (χ0) is 13.0. The van der Waals surface area contributed by atoms with E-state index in [0.29, 0.717) is 5.02 Å². The molecule has 0 aromatic heterocycles. The molecule has 0 bridgehead atoms. The average Bonchev–Trinajstić information content (AvgIpc) is 2.41. The second kappa shape index (κ2) is 5.85. The molecule has 0 aliphatic rings. The predicted molar refractivity (Wildman–Crippen MR) is 75.8 cm³/mol. The van der Waals surface area contributed by atoms with Crippen molar-refractivity contribution in [2.45, 2.75) is 12.0 Å². The third kappa shape index (κ3) is 2.81. The van der Waals surface area contributed by atoms with E-state index >= 15 is 0 Å². The Kier molecular flexibility index (Phi) is 4.19. The summed E-state index contributed by atoms with van der Waals surface area (Å²) in [6.07, 6.45) is 1.16. The van der Waals surface area contributed by atoms with Crippen LogP contribution in [0, 0.1) is 0 Å². The van der Waals surface area contributed by atoms with Crippen molar-refractivity contribution in [3.05, 3.63) is 83.4 Å². The van der Waals surface area contributed by atoms with Crippen LogP contribution < -0.4 is 0 Å². The van der Waals surface area contributed by atoms with Gasteiger partial charge in [-0.05, 0) is 23.3 Å². The molecule has 0 spiro atoms. The van der Waals surface area contributed by atoms with Gasteiger partial charge in [0.05, 0.1) is 6.10 Å². The average molecular weight is 259 g/mol. The molecular formula is C16H15ClO. The largest absolute Gasteiger partial charge is 0.387 e. The predicted octanol–water partition coefficient (Wildman–Crippen LogP) is 4.34. The first-order valence-electron chi connectivity index (χ1n) is 5.83. The van der Waals surface area contributed by atoms with E-state index in [1.165, 1.54) is 0 Å². The number of rotatable bonds is 4. The number of aliphatic hydroxyl groups excluding tert-OH is 1. The Bertz CT molecular complexity index is 504. The first-order chi connectivity index (χ1) is 8.72. The Hall–Kier alpha value is -1.57. The summed E-state index contributed by atoms with van der Waals surface area (Å²) < 4.78 is 0. The topological polar surface area (TPSA) is 20.2 Å². The van der Waals surface area contributed by atoms with E-state index in [9.17, 15) is 5.11 Å². The molecule has 2 heteroatoms. The van der Waals surface area contributed by atoms with Gasteiger partial charge in [-0.15, -0.1) is 6.58 Å². The molecule has 18 heavy (non-hydrogen) atoms. The monoisotopic (exact) mass is 258 g/mol. The van der Waals surface area contributed by atoms with Crippen LogP contribution in [0.15, 0.2) is 67.3 Å². The second-order valence-corrected chi connectivity index (χ2v) is 4.60. The van der Waals surface area contributed by atoms with Crippen molar-refractivity contribution in [1.82, 2.24) is 0 Å². The van der Waals surface area contributed by atoms with Crippen molar-refractivity contribution in [3.63, 3.8) is 0 Å². The third-order valence-electron chi connectivity index (χ3n) is 2.99. The summed E-state index contributed by atoms with van der Waals surface area (Å²) in [6.45, 7) is 3.82. The highest BCUT2D eigenvalue weighted by Crippen LogP contribution is 2.32. The number of benzene rings is 2. The number of hydrogen-bond donors (Lipinski definition) is 1. The van der Waals surface area contributed by atoms with E-state index < -0.39 is 6.10 Å². The van der Waals surface area contributed by atoms with Crippen LogP contribution in [0.3, 0.4) is 0 Å². The normalized spacial score (nSPS) is 13.9. The molecular weight excluding hydrogens is 244 g/mol. The first kappa shape index (κ1) is 12.9. The lowest BCUT2D eigenvalue weighted by molar-refractivity contribution is 0.162. The lowest BCUT2D eigenvalue weighted by Crippen LogP contribution is -2.08. The van der Waals surface area contributed by atoms with E-state index in [4.69, 9.17) is 11.6 Å². The molecule has 0 aliphatic heterocycles. The minimum atomic E-state index is -0.609. The summed E-state index contributed by atoms with van der Waals surface area (Å²) in [5, 5.41) is 11.1. The summed E-state index contributed by atoms with van der Waals surface area (Å²) in [4.78, 5) is 0. The molecule has 1 N–H and O–H groups in total. The Morgan fingerprint density at radius 2 is 1.56 bits per heavy atom. The van der Waals surface area contributed by atoms with Gasteiger partial charge in [-0.25, -0.2) is 0 Å². The smallest absolute Gasteiger partial charge is 0.0893 e. The van der Waals surface area contributed by atoms with Crippen LogP contribution >= 0.6 is 11.6 Å². The fourth-order valence-corrected chi connectivity index (χ4v) is 2.12. The zero-order valence-corrected chi connectivity index (χ0v) is 10.7. The number of halogens is 1. The van der Waals surface area contributed by atoms with Crippen LogP contribution in [-0.2, 0) is 0 Å². The van der Waals surface area contributed by atoms with Crippen LogP contribution in [0.5, 0.6) is 0 Å². The molecule has 2 rings (SSSR count). The quantitative estimate of drug-likeness (QED) is 0.809. The second-order valence-electron chi connectivity index (χ2n) is 4.17. The van der Waals surface area contributed by atoms with Crippen LogP contribution in [0.25, 0.3) is 0 Å². The Morgan fingerprint density at radius 1 is 0.944 bits per heavy atom. The summed E-state index contributed by atoms with van der Waals surface area (Å²) in [7, 11) is 0. The minimum Gasteiger partial charge on any atom is -0.387 e. The number of hydrogen-bond acceptors (Lipinski definition) is 1. The van der Waals surface area contributed by atoms with Crippen molar-refractivity contribution in [2.75, 3.05) is 0 Å². The highest BCUT2D eigenvalue weighted by atomic mass is 35.5. The Balaban J connectivity index is 2.28. The molecule has 0 saturated carbocycles. The summed E-state index contributed by atoms with van der Waals surface area (Å²) in [5.41, 5.74) is 1.89. The van der Waals surface area contributed by atoms with Gasteiger partial charge in [0.15, 0.2) is 0 Å². The van der Waals surface area contributed by atoms with Gasteiger partial charge >= 0.3 is 0 Å². The molecule has 0 amide bonds. The lowest BCUT2D eigenvalue weighted by Gasteiger charge is -2.20. The molecule has 92 valence electrons.